The van der Waals surface area contributed by atoms with Gasteiger partial charge >= 0.3 is 5.97 Å². The van der Waals surface area contributed by atoms with Gasteiger partial charge < -0.3 is 9.84 Å². The lowest BCUT2D eigenvalue weighted by Gasteiger charge is -2.07. The smallest absolute Gasteiger partial charge is 0.341 e. The minimum Gasteiger partial charge on any atom is -0.480 e. The summed E-state index contributed by atoms with van der Waals surface area (Å²) in [6, 6.07) is 9.89. The first-order chi connectivity index (χ1) is 10.6. The van der Waals surface area contributed by atoms with Crippen molar-refractivity contribution in [2.24, 2.45) is 0 Å². The molecule has 22 heavy (non-hydrogen) atoms. The van der Waals surface area contributed by atoms with Crippen molar-refractivity contribution in [3.05, 3.63) is 52.6 Å². The molecule has 3 nitrogen and oxygen atoms in total. The summed E-state index contributed by atoms with van der Waals surface area (Å²) < 4.78 is 19.8. The SMILES string of the molecule is O=C(O)COc1ccc2c(-c3ccccc3F)csc2c1Cl. The molecule has 0 atom stereocenters. The van der Waals surface area contributed by atoms with Crippen molar-refractivity contribution < 1.29 is 19.0 Å². The first kappa shape index (κ1) is 14.8. The van der Waals surface area contributed by atoms with Crippen LogP contribution in [0, 0.1) is 5.82 Å². The Kier molecular flexibility index (Phi) is 4.00. The van der Waals surface area contributed by atoms with E-state index in [-0.39, 0.29) is 5.82 Å². The van der Waals surface area contributed by atoms with Crippen LogP contribution >= 0.6 is 22.9 Å². The maximum atomic E-state index is 14.0. The van der Waals surface area contributed by atoms with E-state index in [4.69, 9.17) is 21.4 Å². The Morgan fingerprint density at radius 3 is 2.73 bits per heavy atom. The molecule has 2 aromatic carbocycles. The Balaban J connectivity index is 2.08. The van der Waals surface area contributed by atoms with Gasteiger partial charge in [0.2, 0.25) is 0 Å². The van der Waals surface area contributed by atoms with E-state index < -0.39 is 12.6 Å². The van der Waals surface area contributed by atoms with Gasteiger partial charge in [-0.3, -0.25) is 0 Å². The molecule has 0 aliphatic heterocycles. The summed E-state index contributed by atoms with van der Waals surface area (Å²) >= 11 is 7.63. The third kappa shape index (κ3) is 2.65. The van der Waals surface area contributed by atoms with Crippen molar-refractivity contribution in [1.29, 1.82) is 0 Å². The molecule has 0 radical (unpaired) electrons. The van der Waals surface area contributed by atoms with E-state index in [2.05, 4.69) is 0 Å². The maximum Gasteiger partial charge on any atom is 0.341 e. The number of carboxylic acids is 1. The summed E-state index contributed by atoms with van der Waals surface area (Å²) in [6.07, 6.45) is 0. The standard InChI is InChI=1S/C16H10ClFO3S/c17-15-13(21-7-14(19)20)6-5-10-11(8-22-16(10)15)9-3-1-2-4-12(9)18/h1-6,8H,7H2,(H,19,20). The molecular weight excluding hydrogens is 327 g/mol. The number of halogens is 2. The number of carbonyl (C=O) groups is 1. The van der Waals surface area contributed by atoms with E-state index in [0.29, 0.717) is 16.3 Å². The molecule has 3 aromatic rings. The quantitative estimate of drug-likeness (QED) is 0.742. The zero-order valence-electron chi connectivity index (χ0n) is 11.2. The van der Waals surface area contributed by atoms with Gasteiger partial charge in [0, 0.05) is 16.5 Å². The zero-order chi connectivity index (χ0) is 15.7. The van der Waals surface area contributed by atoms with Crippen LogP contribution in [-0.4, -0.2) is 17.7 Å². The van der Waals surface area contributed by atoms with E-state index in [1.165, 1.54) is 17.4 Å². The van der Waals surface area contributed by atoms with Crippen molar-refractivity contribution in [1.82, 2.24) is 0 Å². The lowest BCUT2D eigenvalue weighted by molar-refractivity contribution is -0.139. The second kappa shape index (κ2) is 5.94. The van der Waals surface area contributed by atoms with Crippen molar-refractivity contribution in [3.8, 4) is 16.9 Å². The molecule has 1 N–H and O–H groups in total. The number of carboxylic acid groups (broad SMARTS) is 1. The third-order valence-electron chi connectivity index (χ3n) is 3.16. The van der Waals surface area contributed by atoms with E-state index in [1.54, 1.807) is 30.3 Å². The van der Waals surface area contributed by atoms with Crippen LogP contribution in [0.3, 0.4) is 0 Å². The van der Waals surface area contributed by atoms with Gasteiger partial charge in [-0.05, 0) is 23.6 Å². The highest BCUT2D eigenvalue weighted by molar-refractivity contribution is 7.18. The van der Waals surface area contributed by atoms with Crippen LogP contribution in [0.25, 0.3) is 21.2 Å². The lowest BCUT2D eigenvalue weighted by Crippen LogP contribution is -2.09. The molecule has 0 aliphatic rings. The second-order valence-electron chi connectivity index (χ2n) is 4.57. The van der Waals surface area contributed by atoms with Gasteiger partial charge in [0.25, 0.3) is 0 Å². The van der Waals surface area contributed by atoms with Crippen LogP contribution in [-0.2, 0) is 4.79 Å². The number of hydrogen-bond donors (Lipinski definition) is 1. The minimum atomic E-state index is -1.07. The number of benzene rings is 2. The molecule has 112 valence electrons. The van der Waals surface area contributed by atoms with E-state index >= 15 is 0 Å². The maximum absolute atomic E-state index is 14.0. The van der Waals surface area contributed by atoms with E-state index in [1.807, 2.05) is 5.38 Å². The molecule has 0 saturated heterocycles. The number of thiophene rings is 1. The fraction of sp³-hybridized carbons (Fsp3) is 0.0625. The van der Waals surface area contributed by atoms with Crippen LogP contribution in [0.2, 0.25) is 5.02 Å². The minimum absolute atomic E-state index is 0.301. The third-order valence-corrected chi connectivity index (χ3v) is 4.66. The number of aliphatic carboxylic acids is 1. The highest BCUT2D eigenvalue weighted by atomic mass is 35.5. The van der Waals surface area contributed by atoms with Crippen LogP contribution in [0.5, 0.6) is 5.75 Å². The van der Waals surface area contributed by atoms with Crippen LogP contribution in [0.15, 0.2) is 41.8 Å². The molecular formula is C16H10ClFO3S. The predicted molar refractivity (Wildman–Crippen MR) is 85.4 cm³/mol. The summed E-state index contributed by atoms with van der Waals surface area (Å²) in [5.41, 5.74) is 1.26. The van der Waals surface area contributed by atoms with Crippen molar-refractivity contribution >= 4 is 39.0 Å². The average Bonchev–Trinajstić information content (AvgIpc) is 2.91. The van der Waals surface area contributed by atoms with Gasteiger partial charge in [-0.15, -0.1) is 11.3 Å². The van der Waals surface area contributed by atoms with Crippen LogP contribution in [0.4, 0.5) is 4.39 Å². The van der Waals surface area contributed by atoms with Crippen molar-refractivity contribution in [2.45, 2.75) is 0 Å². The molecule has 3 rings (SSSR count). The Morgan fingerprint density at radius 1 is 1.23 bits per heavy atom. The Morgan fingerprint density at radius 2 is 2.00 bits per heavy atom. The second-order valence-corrected chi connectivity index (χ2v) is 5.82. The van der Waals surface area contributed by atoms with E-state index in [9.17, 15) is 9.18 Å². The average molecular weight is 337 g/mol. The summed E-state index contributed by atoms with van der Waals surface area (Å²) in [7, 11) is 0. The fourth-order valence-electron chi connectivity index (χ4n) is 2.19. The fourth-order valence-corrected chi connectivity index (χ4v) is 3.54. The first-order valence-corrected chi connectivity index (χ1v) is 7.63. The zero-order valence-corrected chi connectivity index (χ0v) is 12.7. The van der Waals surface area contributed by atoms with Crippen LogP contribution < -0.4 is 4.74 Å². The summed E-state index contributed by atoms with van der Waals surface area (Å²) in [4.78, 5) is 10.6. The Bertz CT molecular complexity index is 860. The molecule has 0 saturated carbocycles. The van der Waals surface area contributed by atoms with Gasteiger partial charge in [-0.25, -0.2) is 9.18 Å². The summed E-state index contributed by atoms with van der Waals surface area (Å²) in [5, 5.41) is 11.6. The Labute approximate surface area is 134 Å². The summed E-state index contributed by atoms with van der Waals surface area (Å²) in [6.45, 7) is -0.462. The molecule has 6 heteroatoms. The number of hydrogen-bond acceptors (Lipinski definition) is 3. The Hall–Kier alpha value is -2.11. The molecule has 0 amide bonds. The van der Waals surface area contributed by atoms with Gasteiger partial charge in [0.05, 0.1) is 4.70 Å². The molecule has 0 bridgehead atoms. The largest absolute Gasteiger partial charge is 0.480 e. The number of rotatable bonds is 4. The van der Waals surface area contributed by atoms with Gasteiger partial charge in [-0.1, -0.05) is 29.8 Å². The number of ether oxygens (including phenoxy) is 1. The molecule has 1 aromatic heterocycles. The molecule has 1 heterocycles. The molecule has 0 spiro atoms. The van der Waals surface area contributed by atoms with Crippen LogP contribution in [0.1, 0.15) is 0 Å². The highest BCUT2D eigenvalue weighted by Crippen LogP contribution is 2.42. The van der Waals surface area contributed by atoms with Gasteiger partial charge in [-0.2, -0.15) is 0 Å². The van der Waals surface area contributed by atoms with Crippen molar-refractivity contribution in [3.63, 3.8) is 0 Å². The predicted octanol–water partition coefficient (Wildman–Crippen LogP) is 4.82. The molecule has 0 fully saturated rings. The van der Waals surface area contributed by atoms with Crippen molar-refractivity contribution in [2.75, 3.05) is 6.61 Å². The highest BCUT2D eigenvalue weighted by Gasteiger charge is 2.15. The monoisotopic (exact) mass is 336 g/mol. The topological polar surface area (TPSA) is 46.5 Å². The molecule has 0 aliphatic carbocycles. The normalized spacial score (nSPS) is 10.8. The van der Waals surface area contributed by atoms with E-state index in [0.717, 1.165) is 15.6 Å². The molecule has 0 unspecified atom stereocenters. The van der Waals surface area contributed by atoms with Gasteiger partial charge in [0.1, 0.15) is 16.6 Å². The summed E-state index contributed by atoms with van der Waals surface area (Å²) in [5.74, 6) is -1.07. The first-order valence-electron chi connectivity index (χ1n) is 6.37. The lowest BCUT2D eigenvalue weighted by atomic mass is 10.0. The number of fused-ring (bicyclic) bond motifs is 1. The van der Waals surface area contributed by atoms with Gasteiger partial charge in [0.15, 0.2) is 6.61 Å².